The van der Waals surface area contributed by atoms with Gasteiger partial charge in [-0.05, 0) is 12.8 Å². The van der Waals surface area contributed by atoms with Crippen molar-refractivity contribution in [2.45, 2.75) is 38.3 Å². The normalized spacial score (nSPS) is 31.0. The maximum Gasteiger partial charge on any atom is 0.302 e. The topological polar surface area (TPSA) is 95.4 Å². The van der Waals surface area contributed by atoms with Crippen molar-refractivity contribution in [1.29, 1.82) is 0 Å². The van der Waals surface area contributed by atoms with Crippen LogP contribution in [0, 0.1) is 5.92 Å². The molecule has 0 heterocycles. The molecular weight excluding hydrogens is 196 g/mol. The summed E-state index contributed by atoms with van der Waals surface area (Å²) in [7, 11) is 0. The lowest BCUT2D eigenvalue weighted by molar-refractivity contribution is -0.153. The highest BCUT2D eigenvalue weighted by molar-refractivity contribution is 5.83. The number of esters is 1. The van der Waals surface area contributed by atoms with Crippen LogP contribution in [0.2, 0.25) is 0 Å². The number of ether oxygens (including phenoxy) is 1. The molecule has 0 spiro atoms. The highest BCUT2D eigenvalue weighted by Crippen LogP contribution is 2.27. The standard InChI is InChI=1S/C10H18N2O3/c1-6(13)15-10-4-7(12)2-3-8(10)9(14)5-11/h7-8,10H,2-5,11-12H2,1H3. The minimum atomic E-state index is -0.387. The number of ketones is 1. The minimum absolute atomic E-state index is 0.00231. The number of hydrogen-bond acceptors (Lipinski definition) is 5. The zero-order chi connectivity index (χ0) is 11.4. The molecule has 5 heteroatoms. The van der Waals surface area contributed by atoms with Crippen LogP contribution in [0.5, 0.6) is 0 Å². The number of carbonyl (C=O) groups excluding carboxylic acids is 2. The lowest BCUT2D eigenvalue weighted by Crippen LogP contribution is -2.44. The quantitative estimate of drug-likeness (QED) is 0.622. The molecule has 1 aliphatic carbocycles. The Kier molecular flexibility index (Phi) is 4.23. The first kappa shape index (κ1) is 12.1. The van der Waals surface area contributed by atoms with Crippen molar-refractivity contribution in [2.75, 3.05) is 6.54 Å². The fourth-order valence-corrected chi connectivity index (χ4v) is 2.02. The fraction of sp³-hybridized carbons (Fsp3) is 0.800. The predicted octanol–water partition coefficient (Wildman–Crippen LogP) is -0.427. The lowest BCUT2D eigenvalue weighted by Gasteiger charge is -2.32. The van der Waals surface area contributed by atoms with Crippen molar-refractivity contribution in [1.82, 2.24) is 0 Å². The first-order valence-electron chi connectivity index (χ1n) is 5.20. The Bertz CT molecular complexity index is 255. The van der Waals surface area contributed by atoms with Gasteiger partial charge in [-0.25, -0.2) is 0 Å². The summed E-state index contributed by atoms with van der Waals surface area (Å²) in [6, 6.07) is 0.0103. The van der Waals surface area contributed by atoms with Gasteiger partial charge in [0, 0.05) is 19.4 Å². The van der Waals surface area contributed by atoms with E-state index in [9.17, 15) is 9.59 Å². The Morgan fingerprint density at radius 2 is 2.07 bits per heavy atom. The van der Waals surface area contributed by atoms with Gasteiger partial charge in [-0.3, -0.25) is 9.59 Å². The van der Waals surface area contributed by atoms with Crippen molar-refractivity contribution in [3.8, 4) is 0 Å². The summed E-state index contributed by atoms with van der Waals surface area (Å²) in [5, 5.41) is 0. The monoisotopic (exact) mass is 214 g/mol. The molecule has 0 bridgehead atoms. The molecule has 0 aromatic heterocycles. The van der Waals surface area contributed by atoms with E-state index >= 15 is 0 Å². The van der Waals surface area contributed by atoms with Crippen LogP contribution in [0.4, 0.5) is 0 Å². The molecule has 3 unspecified atom stereocenters. The molecular formula is C10H18N2O3. The SMILES string of the molecule is CC(=O)OC1CC(N)CCC1C(=O)CN. The summed E-state index contributed by atoms with van der Waals surface area (Å²) in [5.74, 6) is -0.684. The highest BCUT2D eigenvalue weighted by Gasteiger charge is 2.35. The van der Waals surface area contributed by atoms with Gasteiger partial charge in [0.25, 0.3) is 0 Å². The largest absolute Gasteiger partial charge is 0.462 e. The first-order valence-corrected chi connectivity index (χ1v) is 5.20. The molecule has 86 valence electrons. The van der Waals surface area contributed by atoms with E-state index in [4.69, 9.17) is 16.2 Å². The number of Topliss-reactive ketones (excluding diaryl/α,β-unsaturated/α-hetero) is 1. The molecule has 3 atom stereocenters. The van der Waals surface area contributed by atoms with E-state index in [0.717, 1.165) is 6.42 Å². The van der Waals surface area contributed by atoms with E-state index in [0.29, 0.717) is 12.8 Å². The van der Waals surface area contributed by atoms with Gasteiger partial charge in [0.15, 0.2) is 5.78 Å². The molecule has 4 N–H and O–H groups in total. The van der Waals surface area contributed by atoms with E-state index in [1.54, 1.807) is 0 Å². The third-order valence-electron chi connectivity index (χ3n) is 2.76. The number of carbonyl (C=O) groups is 2. The third kappa shape index (κ3) is 3.28. The van der Waals surface area contributed by atoms with E-state index in [2.05, 4.69) is 0 Å². The Morgan fingerprint density at radius 1 is 1.40 bits per heavy atom. The van der Waals surface area contributed by atoms with Crippen LogP contribution in [0.1, 0.15) is 26.2 Å². The zero-order valence-electron chi connectivity index (χ0n) is 8.94. The van der Waals surface area contributed by atoms with Crippen molar-refractivity contribution >= 4 is 11.8 Å². The average molecular weight is 214 g/mol. The van der Waals surface area contributed by atoms with E-state index in [1.807, 2.05) is 0 Å². The Balaban J connectivity index is 2.65. The highest BCUT2D eigenvalue weighted by atomic mass is 16.5. The summed E-state index contributed by atoms with van der Waals surface area (Å²) in [6.07, 6.45) is 1.61. The molecule has 0 amide bonds. The Labute approximate surface area is 89.1 Å². The van der Waals surface area contributed by atoms with Crippen LogP contribution in [-0.2, 0) is 14.3 Å². The average Bonchev–Trinajstić information content (AvgIpc) is 2.16. The Hall–Kier alpha value is -0.940. The molecule has 15 heavy (non-hydrogen) atoms. The van der Waals surface area contributed by atoms with Crippen LogP contribution >= 0.6 is 0 Å². The van der Waals surface area contributed by atoms with E-state index in [-0.39, 0.29) is 36.4 Å². The second-order valence-electron chi connectivity index (χ2n) is 4.00. The Morgan fingerprint density at radius 3 is 2.60 bits per heavy atom. The van der Waals surface area contributed by atoms with Crippen LogP contribution < -0.4 is 11.5 Å². The summed E-state index contributed by atoms with van der Waals surface area (Å²) in [4.78, 5) is 22.4. The van der Waals surface area contributed by atoms with Gasteiger partial charge >= 0.3 is 5.97 Å². The van der Waals surface area contributed by atoms with Crippen molar-refractivity contribution < 1.29 is 14.3 Å². The molecule has 0 aliphatic heterocycles. The van der Waals surface area contributed by atoms with Gasteiger partial charge in [0.1, 0.15) is 6.10 Å². The first-order chi connectivity index (χ1) is 7.04. The van der Waals surface area contributed by atoms with Crippen LogP contribution in [0.3, 0.4) is 0 Å². The van der Waals surface area contributed by atoms with E-state index in [1.165, 1.54) is 6.92 Å². The number of nitrogens with two attached hydrogens (primary N) is 2. The summed E-state index contributed by atoms with van der Waals surface area (Å²) < 4.78 is 5.10. The molecule has 0 radical (unpaired) electrons. The molecule has 0 aromatic carbocycles. The molecule has 1 fully saturated rings. The van der Waals surface area contributed by atoms with Gasteiger partial charge in [-0.15, -0.1) is 0 Å². The van der Waals surface area contributed by atoms with Gasteiger partial charge < -0.3 is 16.2 Å². The molecule has 5 nitrogen and oxygen atoms in total. The smallest absolute Gasteiger partial charge is 0.302 e. The summed E-state index contributed by atoms with van der Waals surface area (Å²) >= 11 is 0. The lowest BCUT2D eigenvalue weighted by atomic mass is 9.81. The number of rotatable bonds is 3. The van der Waals surface area contributed by atoms with Gasteiger partial charge in [-0.1, -0.05) is 0 Å². The van der Waals surface area contributed by atoms with Gasteiger partial charge in [0.2, 0.25) is 0 Å². The van der Waals surface area contributed by atoms with Crippen LogP contribution in [0.15, 0.2) is 0 Å². The van der Waals surface area contributed by atoms with Gasteiger partial charge in [-0.2, -0.15) is 0 Å². The zero-order valence-corrected chi connectivity index (χ0v) is 8.94. The predicted molar refractivity (Wildman–Crippen MR) is 54.9 cm³/mol. The van der Waals surface area contributed by atoms with Crippen molar-refractivity contribution in [3.63, 3.8) is 0 Å². The van der Waals surface area contributed by atoms with Crippen LogP contribution in [0.25, 0.3) is 0 Å². The second-order valence-corrected chi connectivity index (χ2v) is 4.00. The molecule has 1 saturated carbocycles. The maximum absolute atomic E-state index is 11.5. The second kappa shape index (κ2) is 5.23. The molecule has 1 rings (SSSR count). The number of hydrogen-bond donors (Lipinski definition) is 2. The minimum Gasteiger partial charge on any atom is -0.462 e. The van der Waals surface area contributed by atoms with Gasteiger partial charge in [0.05, 0.1) is 12.5 Å². The third-order valence-corrected chi connectivity index (χ3v) is 2.76. The van der Waals surface area contributed by atoms with E-state index < -0.39 is 0 Å². The fourth-order valence-electron chi connectivity index (χ4n) is 2.02. The maximum atomic E-state index is 11.5. The van der Waals surface area contributed by atoms with Crippen molar-refractivity contribution in [3.05, 3.63) is 0 Å². The molecule has 0 saturated heterocycles. The summed E-state index contributed by atoms with van der Waals surface area (Å²) in [5.41, 5.74) is 11.1. The molecule has 1 aliphatic rings. The van der Waals surface area contributed by atoms with Crippen molar-refractivity contribution in [2.24, 2.45) is 17.4 Å². The molecule has 0 aromatic rings. The summed E-state index contributed by atoms with van der Waals surface area (Å²) in [6.45, 7) is 1.34. The van der Waals surface area contributed by atoms with Crippen LogP contribution in [-0.4, -0.2) is 30.4 Å².